The quantitative estimate of drug-likeness (QED) is 0.228. The van der Waals surface area contributed by atoms with E-state index in [0.717, 1.165) is 25.7 Å². The average Bonchev–Trinajstić information content (AvgIpc) is 3.32. The number of benzene rings is 2. The lowest BCUT2D eigenvalue weighted by Gasteiger charge is -2.17. The van der Waals surface area contributed by atoms with Crippen LogP contribution in [-0.4, -0.2) is 46.6 Å². The van der Waals surface area contributed by atoms with Crippen molar-refractivity contribution >= 4 is 63.0 Å². The third kappa shape index (κ3) is 6.05. The van der Waals surface area contributed by atoms with E-state index in [-0.39, 0.29) is 24.3 Å². The standard InChI is InChI=1S/C28H31N3O4S2/c1-3-5-6-7-10-17-30-27(34)25(37-28(30)36)24-21-11-8-9-12-22(21)31(26(24)33)18-23(32)29-19-13-15-20(16-14-19)35-4-2/h8-9,11-16H,3-7,10,17-18H2,1-2H3,(H,29,32). The van der Waals surface area contributed by atoms with E-state index in [1.807, 2.05) is 25.1 Å². The van der Waals surface area contributed by atoms with Crippen molar-refractivity contribution in [2.45, 2.75) is 46.0 Å². The van der Waals surface area contributed by atoms with Gasteiger partial charge in [-0.25, -0.2) is 0 Å². The number of thiocarbonyl (C=S) groups is 1. The van der Waals surface area contributed by atoms with E-state index in [1.165, 1.54) is 23.1 Å². The second-order valence-corrected chi connectivity index (χ2v) is 10.5. The van der Waals surface area contributed by atoms with Gasteiger partial charge in [-0.2, -0.15) is 0 Å². The van der Waals surface area contributed by atoms with Gasteiger partial charge in [0.2, 0.25) is 5.91 Å². The first kappa shape index (κ1) is 26.9. The molecule has 2 aromatic carbocycles. The molecule has 7 nitrogen and oxygen atoms in total. The second-order valence-electron chi connectivity index (χ2n) is 8.86. The Kier molecular flexibility index (Phi) is 9.00. The molecule has 0 radical (unpaired) electrons. The number of carbonyl (C=O) groups is 3. The number of unbranched alkanes of at least 4 members (excludes halogenated alkanes) is 4. The van der Waals surface area contributed by atoms with Gasteiger partial charge in [0.15, 0.2) is 0 Å². The molecule has 0 aromatic heterocycles. The first-order chi connectivity index (χ1) is 17.9. The number of nitrogens with one attached hydrogen (secondary N) is 1. The fourth-order valence-electron chi connectivity index (χ4n) is 4.42. The molecule has 1 saturated heterocycles. The first-order valence-corrected chi connectivity index (χ1v) is 13.9. The number of hydrogen-bond donors (Lipinski definition) is 1. The molecule has 0 unspecified atom stereocenters. The number of carbonyl (C=O) groups excluding carboxylic acids is 3. The molecule has 2 aliphatic heterocycles. The molecule has 4 rings (SSSR count). The van der Waals surface area contributed by atoms with Crippen LogP contribution in [0.4, 0.5) is 11.4 Å². The van der Waals surface area contributed by atoms with Crippen molar-refractivity contribution in [1.82, 2.24) is 4.90 Å². The van der Waals surface area contributed by atoms with E-state index in [2.05, 4.69) is 12.2 Å². The summed E-state index contributed by atoms with van der Waals surface area (Å²) in [6.45, 7) is 5.00. The van der Waals surface area contributed by atoms with Gasteiger partial charge in [-0.15, -0.1) is 0 Å². The predicted octanol–water partition coefficient (Wildman–Crippen LogP) is 5.61. The molecule has 194 valence electrons. The van der Waals surface area contributed by atoms with Crippen molar-refractivity contribution in [3.63, 3.8) is 0 Å². The lowest BCUT2D eigenvalue weighted by atomic mass is 10.1. The van der Waals surface area contributed by atoms with Crippen LogP contribution in [0.3, 0.4) is 0 Å². The van der Waals surface area contributed by atoms with E-state index in [1.54, 1.807) is 35.2 Å². The maximum Gasteiger partial charge on any atom is 0.267 e. The molecule has 9 heteroatoms. The molecule has 2 aromatic rings. The third-order valence-corrected chi connectivity index (χ3v) is 7.68. The van der Waals surface area contributed by atoms with Crippen molar-refractivity contribution in [3.05, 3.63) is 59.0 Å². The number of nitrogens with zero attached hydrogens (tertiary/aromatic N) is 2. The second kappa shape index (κ2) is 12.4. The van der Waals surface area contributed by atoms with Gasteiger partial charge in [0.25, 0.3) is 11.8 Å². The van der Waals surface area contributed by atoms with Gasteiger partial charge in [-0.3, -0.25) is 24.2 Å². The number of para-hydroxylation sites is 1. The van der Waals surface area contributed by atoms with Crippen molar-refractivity contribution in [3.8, 4) is 5.75 Å². The van der Waals surface area contributed by atoms with Gasteiger partial charge in [0.1, 0.15) is 16.6 Å². The van der Waals surface area contributed by atoms with E-state index in [0.29, 0.717) is 50.6 Å². The summed E-state index contributed by atoms with van der Waals surface area (Å²) in [5.41, 5.74) is 2.17. The molecule has 0 saturated carbocycles. The van der Waals surface area contributed by atoms with Gasteiger partial charge in [-0.05, 0) is 43.7 Å². The molecule has 37 heavy (non-hydrogen) atoms. The van der Waals surface area contributed by atoms with Crippen molar-refractivity contribution in [2.24, 2.45) is 0 Å². The normalized spacial score (nSPS) is 17.0. The smallest absolute Gasteiger partial charge is 0.267 e. The summed E-state index contributed by atoms with van der Waals surface area (Å²) < 4.78 is 5.91. The Balaban J connectivity index is 1.50. The predicted molar refractivity (Wildman–Crippen MR) is 153 cm³/mol. The molecule has 0 spiro atoms. The van der Waals surface area contributed by atoms with Crippen LogP contribution in [-0.2, 0) is 14.4 Å². The number of hydrogen-bond acceptors (Lipinski definition) is 6. The summed E-state index contributed by atoms with van der Waals surface area (Å²) in [6.07, 6.45) is 5.37. The Bertz CT molecular complexity index is 1230. The topological polar surface area (TPSA) is 79.0 Å². The maximum atomic E-state index is 13.6. The van der Waals surface area contributed by atoms with Gasteiger partial charge in [0.05, 0.1) is 22.8 Å². The van der Waals surface area contributed by atoms with Crippen LogP contribution in [0.1, 0.15) is 51.5 Å². The molecule has 0 atom stereocenters. The number of rotatable bonds is 11. The number of amides is 3. The lowest BCUT2D eigenvalue weighted by molar-refractivity contribution is -0.122. The molecule has 1 N–H and O–H groups in total. The highest BCUT2D eigenvalue weighted by molar-refractivity contribution is 8.26. The highest BCUT2D eigenvalue weighted by atomic mass is 32.2. The molecule has 3 amide bonds. The van der Waals surface area contributed by atoms with Crippen LogP contribution >= 0.6 is 24.0 Å². The first-order valence-electron chi connectivity index (χ1n) is 12.7. The van der Waals surface area contributed by atoms with Crippen LogP contribution in [0.25, 0.3) is 5.57 Å². The average molecular weight is 538 g/mol. The van der Waals surface area contributed by atoms with E-state index >= 15 is 0 Å². The van der Waals surface area contributed by atoms with E-state index in [9.17, 15) is 14.4 Å². The minimum absolute atomic E-state index is 0.176. The number of ether oxygens (including phenoxy) is 1. The Hall–Kier alpha value is -3.17. The summed E-state index contributed by atoms with van der Waals surface area (Å²) in [5.74, 6) is -0.226. The van der Waals surface area contributed by atoms with Crippen molar-refractivity contribution < 1.29 is 19.1 Å². The van der Waals surface area contributed by atoms with Crippen LogP contribution in [0.5, 0.6) is 5.75 Å². The summed E-state index contributed by atoms with van der Waals surface area (Å²) in [5, 5.41) is 2.83. The minimum atomic E-state index is -0.369. The molecular formula is C28H31N3O4S2. The third-order valence-electron chi connectivity index (χ3n) is 6.24. The number of fused-ring (bicyclic) bond motifs is 1. The zero-order valence-corrected chi connectivity index (χ0v) is 22.8. The van der Waals surface area contributed by atoms with Crippen LogP contribution < -0.4 is 15.0 Å². The van der Waals surface area contributed by atoms with E-state index < -0.39 is 0 Å². The van der Waals surface area contributed by atoms with Gasteiger partial charge in [0, 0.05) is 17.8 Å². The maximum absolute atomic E-state index is 13.6. The molecule has 0 aliphatic carbocycles. The highest BCUT2D eigenvalue weighted by Crippen LogP contribution is 2.44. The fourth-order valence-corrected chi connectivity index (χ4v) is 5.80. The summed E-state index contributed by atoms with van der Waals surface area (Å²) in [7, 11) is 0. The van der Waals surface area contributed by atoms with Crippen molar-refractivity contribution in [1.29, 1.82) is 0 Å². The van der Waals surface area contributed by atoms with Gasteiger partial charge < -0.3 is 10.1 Å². The summed E-state index contributed by atoms with van der Waals surface area (Å²) >= 11 is 6.67. The summed E-state index contributed by atoms with van der Waals surface area (Å²) in [6, 6.07) is 14.3. The van der Waals surface area contributed by atoms with Crippen LogP contribution in [0, 0.1) is 0 Å². The highest BCUT2D eigenvalue weighted by Gasteiger charge is 2.42. The minimum Gasteiger partial charge on any atom is -0.494 e. The SMILES string of the molecule is CCCCCCCN1C(=O)C(=C2C(=O)N(CC(=O)Nc3ccc(OCC)cc3)c3ccccc32)SC1=S. The van der Waals surface area contributed by atoms with Gasteiger partial charge >= 0.3 is 0 Å². The Morgan fingerprint density at radius 2 is 1.68 bits per heavy atom. The molecular weight excluding hydrogens is 506 g/mol. The Morgan fingerprint density at radius 3 is 2.41 bits per heavy atom. The Morgan fingerprint density at radius 1 is 0.946 bits per heavy atom. The van der Waals surface area contributed by atoms with Gasteiger partial charge in [-0.1, -0.05) is 74.8 Å². The molecule has 2 aliphatic rings. The van der Waals surface area contributed by atoms with Crippen LogP contribution in [0.15, 0.2) is 53.4 Å². The molecule has 1 fully saturated rings. The van der Waals surface area contributed by atoms with Crippen LogP contribution in [0.2, 0.25) is 0 Å². The largest absolute Gasteiger partial charge is 0.494 e. The fraction of sp³-hybridized carbons (Fsp3) is 0.357. The monoisotopic (exact) mass is 537 g/mol. The summed E-state index contributed by atoms with van der Waals surface area (Å²) in [4.78, 5) is 43.1. The zero-order chi connectivity index (χ0) is 26.4. The Labute approximate surface area is 227 Å². The lowest BCUT2D eigenvalue weighted by Crippen LogP contribution is -2.35. The number of anilines is 2. The molecule has 0 bridgehead atoms. The molecule has 2 heterocycles. The van der Waals surface area contributed by atoms with Crippen molar-refractivity contribution in [2.75, 3.05) is 29.9 Å². The van der Waals surface area contributed by atoms with E-state index in [4.69, 9.17) is 17.0 Å². The zero-order valence-electron chi connectivity index (χ0n) is 21.1. The number of thioether (sulfide) groups is 1.